The van der Waals surface area contributed by atoms with E-state index in [0.29, 0.717) is 6.04 Å². The molecule has 1 saturated heterocycles. The van der Waals surface area contributed by atoms with E-state index in [4.69, 9.17) is 0 Å². The minimum Gasteiger partial charge on any atom is -0.313 e. The molecule has 102 valence electrons. The summed E-state index contributed by atoms with van der Waals surface area (Å²) in [6.45, 7) is 11.1. The highest BCUT2D eigenvalue weighted by Gasteiger charge is 2.23. The van der Waals surface area contributed by atoms with E-state index in [-0.39, 0.29) is 0 Å². The molecule has 1 rings (SSSR count). The average molecular weight is 260 g/mol. The molecule has 1 aliphatic heterocycles. The van der Waals surface area contributed by atoms with Gasteiger partial charge in [-0.25, -0.2) is 0 Å². The van der Waals surface area contributed by atoms with Crippen LogP contribution in [0.15, 0.2) is 0 Å². The van der Waals surface area contributed by atoms with Crippen LogP contribution in [0.25, 0.3) is 0 Å². The first-order valence-electron chi connectivity index (χ1n) is 6.98. The van der Waals surface area contributed by atoms with Crippen molar-refractivity contribution in [1.29, 1.82) is 0 Å². The normalized spacial score (nSPS) is 25.7. The molecule has 1 heterocycles. The highest BCUT2D eigenvalue weighted by atomic mass is 32.2. The molecule has 0 radical (unpaired) electrons. The third kappa shape index (κ3) is 5.49. The van der Waals surface area contributed by atoms with Crippen molar-refractivity contribution >= 4 is 10.8 Å². The van der Waals surface area contributed by atoms with Gasteiger partial charge >= 0.3 is 0 Å². The predicted octanol–water partition coefficient (Wildman–Crippen LogP) is 1.46. The standard InChI is InChI=1S/C13H28N2OS/c1-4-15-9-6-7-13(11-15)12(3)14-8-10-17(16)5-2/h12-14H,4-11H2,1-3H3. The van der Waals surface area contributed by atoms with Crippen LogP contribution in [0.5, 0.6) is 0 Å². The fourth-order valence-corrected chi connectivity index (χ4v) is 3.13. The van der Waals surface area contributed by atoms with E-state index >= 15 is 0 Å². The van der Waals surface area contributed by atoms with Crippen molar-refractivity contribution in [3.63, 3.8) is 0 Å². The lowest BCUT2D eigenvalue weighted by atomic mass is 9.91. The van der Waals surface area contributed by atoms with Crippen molar-refractivity contribution in [2.24, 2.45) is 5.92 Å². The largest absolute Gasteiger partial charge is 0.313 e. The predicted molar refractivity (Wildman–Crippen MR) is 75.9 cm³/mol. The highest BCUT2D eigenvalue weighted by molar-refractivity contribution is 7.84. The maximum absolute atomic E-state index is 11.3. The molecule has 17 heavy (non-hydrogen) atoms. The number of nitrogens with zero attached hydrogens (tertiary/aromatic N) is 1. The van der Waals surface area contributed by atoms with Crippen LogP contribution in [0, 0.1) is 5.92 Å². The van der Waals surface area contributed by atoms with Crippen LogP contribution in [0.1, 0.15) is 33.6 Å². The van der Waals surface area contributed by atoms with Gasteiger partial charge in [0.2, 0.25) is 0 Å². The molecule has 3 nitrogen and oxygen atoms in total. The van der Waals surface area contributed by atoms with Crippen molar-refractivity contribution in [3.05, 3.63) is 0 Å². The van der Waals surface area contributed by atoms with E-state index < -0.39 is 10.8 Å². The van der Waals surface area contributed by atoms with Crippen molar-refractivity contribution < 1.29 is 4.21 Å². The van der Waals surface area contributed by atoms with Gasteiger partial charge in [0.1, 0.15) is 0 Å². The van der Waals surface area contributed by atoms with Gasteiger partial charge in [0.25, 0.3) is 0 Å². The summed E-state index contributed by atoms with van der Waals surface area (Å²) in [4.78, 5) is 2.54. The number of piperidine rings is 1. The molecular formula is C13H28N2OS. The van der Waals surface area contributed by atoms with Crippen LogP contribution < -0.4 is 5.32 Å². The van der Waals surface area contributed by atoms with E-state index in [0.717, 1.165) is 24.0 Å². The van der Waals surface area contributed by atoms with Gasteiger partial charge in [-0.05, 0) is 38.8 Å². The van der Waals surface area contributed by atoms with Crippen molar-refractivity contribution in [2.45, 2.75) is 39.7 Å². The fourth-order valence-electron chi connectivity index (χ4n) is 2.50. The van der Waals surface area contributed by atoms with E-state index in [2.05, 4.69) is 24.1 Å². The molecule has 3 atom stereocenters. The van der Waals surface area contributed by atoms with Gasteiger partial charge in [-0.1, -0.05) is 13.8 Å². The monoisotopic (exact) mass is 260 g/mol. The van der Waals surface area contributed by atoms with Crippen LogP contribution in [-0.2, 0) is 10.8 Å². The van der Waals surface area contributed by atoms with Gasteiger partial charge in [0, 0.05) is 41.4 Å². The molecule has 0 aromatic carbocycles. The number of hydrogen-bond acceptors (Lipinski definition) is 3. The van der Waals surface area contributed by atoms with Gasteiger partial charge in [-0.15, -0.1) is 0 Å². The minimum absolute atomic E-state index is 0.554. The summed E-state index contributed by atoms with van der Waals surface area (Å²) < 4.78 is 11.3. The molecule has 0 spiro atoms. The molecule has 1 N–H and O–H groups in total. The molecular weight excluding hydrogens is 232 g/mol. The maximum atomic E-state index is 11.3. The molecule has 0 aromatic rings. The zero-order valence-corrected chi connectivity index (χ0v) is 12.4. The van der Waals surface area contributed by atoms with E-state index in [1.54, 1.807) is 0 Å². The Balaban J connectivity index is 2.22. The summed E-state index contributed by atoms with van der Waals surface area (Å²) in [5.41, 5.74) is 0. The smallest absolute Gasteiger partial charge is 0.0360 e. The molecule has 1 fully saturated rings. The maximum Gasteiger partial charge on any atom is 0.0360 e. The summed E-state index contributed by atoms with van der Waals surface area (Å²) in [5, 5.41) is 3.54. The van der Waals surface area contributed by atoms with Gasteiger partial charge in [0.05, 0.1) is 0 Å². The minimum atomic E-state index is -0.630. The number of nitrogens with one attached hydrogen (secondary N) is 1. The Morgan fingerprint density at radius 3 is 2.88 bits per heavy atom. The van der Waals surface area contributed by atoms with Crippen LogP contribution in [0.2, 0.25) is 0 Å². The Hall–Kier alpha value is 0.0700. The second-order valence-electron chi connectivity index (χ2n) is 4.97. The SMILES string of the molecule is CCN1CCCC(C(C)NCCS(=O)CC)C1. The topological polar surface area (TPSA) is 32.3 Å². The van der Waals surface area contributed by atoms with Gasteiger partial charge in [-0.3, -0.25) is 4.21 Å². The van der Waals surface area contributed by atoms with Gasteiger partial charge in [0.15, 0.2) is 0 Å². The lowest BCUT2D eigenvalue weighted by molar-refractivity contribution is 0.158. The zero-order valence-electron chi connectivity index (χ0n) is 11.6. The Bertz CT molecular complexity index is 235. The summed E-state index contributed by atoms with van der Waals surface area (Å²) in [7, 11) is -0.630. The quantitative estimate of drug-likeness (QED) is 0.752. The molecule has 3 unspecified atom stereocenters. The highest BCUT2D eigenvalue weighted by Crippen LogP contribution is 2.19. The first kappa shape index (κ1) is 15.1. The summed E-state index contributed by atoms with van der Waals surface area (Å²) >= 11 is 0. The van der Waals surface area contributed by atoms with Crippen molar-refractivity contribution in [2.75, 3.05) is 37.7 Å². The number of likely N-dealkylation sites (tertiary alicyclic amines) is 1. The third-order valence-corrected chi connectivity index (χ3v) is 5.12. The first-order valence-corrected chi connectivity index (χ1v) is 8.46. The molecule has 0 aromatic heterocycles. The second-order valence-corrected chi connectivity index (χ2v) is 6.84. The lowest BCUT2D eigenvalue weighted by Gasteiger charge is -2.35. The molecule has 0 aliphatic carbocycles. The van der Waals surface area contributed by atoms with Crippen LogP contribution in [-0.4, -0.2) is 52.8 Å². The molecule has 0 saturated carbocycles. The van der Waals surface area contributed by atoms with Crippen LogP contribution in [0.4, 0.5) is 0 Å². The van der Waals surface area contributed by atoms with E-state index in [1.807, 2.05) is 6.92 Å². The van der Waals surface area contributed by atoms with Crippen molar-refractivity contribution in [1.82, 2.24) is 10.2 Å². The fraction of sp³-hybridized carbons (Fsp3) is 1.00. The van der Waals surface area contributed by atoms with Crippen LogP contribution in [0.3, 0.4) is 0 Å². The second kappa shape index (κ2) is 8.22. The Morgan fingerprint density at radius 1 is 1.47 bits per heavy atom. The summed E-state index contributed by atoms with van der Waals surface area (Å²) in [6.07, 6.45) is 2.66. The summed E-state index contributed by atoms with van der Waals surface area (Å²) in [5.74, 6) is 2.34. The van der Waals surface area contributed by atoms with E-state index in [9.17, 15) is 4.21 Å². The average Bonchev–Trinajstić information content (AvgIpc) is 2.38. The Kier molecular flexibility index (Phi) is 7.32. The molecule has 1 aliphatic rings. The summed E-state index contributed by atoms with van der Waals surface area (Å²) in [6, 6.07) is 0.554. The first-order chi connectivity index (χ1) is 8.17. The van der Waals surface area contributed by atoms with Gasteiger partial charge in [-0.2, -0.15) is 0 Å². The number of rotatable bonds is 7. The number of hydrogen-bond donors (Lipinski definition) is 1. The lowest BCUT2D eigenvalue weighted by Crippen LogP contribution is -2.45. The molecule has 0 bridgehead atoms. The molecule has 4 heteroatoms. The molecule has 0 amide bonds. The Labute approximate surface area is 109 Å². The van der Waals surface area contributed by atoms with Crippen LogP contribution >= 0.6 is 0 Å². The van der Waals surface area contributed by atoms with E-state index in [1.165, 1.54) is 32.5 Å². The van der Waals surface area contributed by atoms with Gasteiger partial charge < -0.3 is 10.2 Å². The van der Waals surface area contributed by atoms with Crippen molar-refractivity contribution in [3.8, 4) is 0 Å². The third-order valence-electron chi connectivity index (χ3n) is 3.81. The Morgan fingerprint density at radius 2 is 2.24 bits per heavy atom. The zero-order chi connectivity index (χ0) is 12.7.